The molecule has 0 saturated carbocycles. The van der Waals surface area contributed by atoms with Crippen LogP contribution in [-0.2, 0) is 11.6 Å². The van der Waals surface area contributed by atoms with Gasteiger partial charge in [0.25, 0.3) is 5.91 Å². The van der Waals surface area contributed by atoms with Gasteiger partial charge < -0.3 is 9.88 Å². The molecular weight excluding hydrogens is 246 g/mol. The standard InChI is InChI=1S/C13H13N3OS/c1-14-13(17)10-5-11(9-3-2-4-15-6-9)16-8-18-7-12(10)16/h2-6H,7-8H2,1H3,(H,14,17). The second-order valence-electron chi connectivity index (χ2n) is 4.12. The van der Waals surface area contributed by atoms with Crippen molar-refractivity contribution >= 4 is 17.7 Å². The Morgan fingerprint density at radius 1 is 1.56 bits per heavy atom. The monoisotopic (exact) mass is 259 g/mol. The first-order chi connectivity index (χ1) is 8.81. The highest BCUT2D eigenvalue weighted by atomic mass is 32.2. The fraction of sp³-hybridized carbons (Fsp3) is 0.231. The second-order valence-corrected chi connectivity index (χ2v) is 5.07. The molecule has 0 unspecified atom stereocenters. The maximum atomic E-state index is 11.9. The van der Waals surface area contributed by atoms with Crippen molar-refractivity contribution in [2.45, 2.75) is 11.6 Å². The zero-order chi connectivity index (χ0) is 12.5. The molecule has 0 spiro atoms. The third kappa shape index (κ3) is 1.71. The van der Waals surface area contributed by atoms with Gasteiger partial charge in [-0.2, -0.15) is 0 Å². The van der Waals surface area contributed by atoms with Crippen molar-refractivity contribution in [2.75, 3.05) is 7.05 Å². The molecule has 3 rings (SSSR count). The quantitative estimate of drug-likeness (QED) is 0.898. The molecule has 2 aromatic heterocycles. The number of nitrogens with one attached hydrogen (secondary N) is 1. The van der Waals surface area contributed by atoms with Crippen molar-refractivity contribution < 1.29 is 4.79 Å². The van der Waals surface area contributed by atoms with Crippen LogP contribution in [0, 0.1) is 0 Å². The summed E-state index contributed by atoms with van der Waals surface area (Å²) in [6.45, 7) is 0. The predicted octanol–water partition coefficient (Wildman–Crippen LogP) is 2.11. The molecular formula is C13H13N3OS. The molecule has 1 amide bonds. The number of thioether (sulfide) groups is 1. The Bertz CT molecular complexity index is 592. The van der Waals surface area contributed by atoms with E-state index in [0.29, 0.717) is 0 Å². The average molecular weight is 259 g/mol. The Kier molecular flexibility index (Phi) is 2.83. The van der Waals surface area contributed by atoms with Gasteiger partial charge in [0.2, 0.25) is 0 Å². The summed E-state index contributed by atoms with van der Waals surface area (Å²) in [6.07, 6.45) is 3.59. The van der Waals surface area contributed by atoms with Crippen molar-refractivity contribution in [3.63, 3.8) is 0 Å². The maximum Gasteiger partial charge on any atom is 0.252 e. The lowest BCUT2D eigenvalue weighted by Gasteiger charge is -2.04. The van der Waals surface area contributed by atoms with E-state index < -0.39 is 0 Å². The van der Waals surface area contributed by atoms with Crippen LogP contribution in [0.25, 0.3) is 11.3 Å². The van der Waals surface area contributed by atoms with E-state index in [-0.39, 0.29) is 5.91 Å². The Morgan fingerprint density at radius 2 is 2.44 bits per heavy atom. The maximum absolute atomic E-state index is 11.9. The highest BCUT2D eigenvalue weighted by Crippen LogP contribution is 2.34. The first kappa shape index (κ1) is 11.3. The fourth-order valence-corrected chi connectivity index (χ4v) is 3.28. The Hall–Kier alpha value is -1.75. The van der Waals surface area contributed by atoms with E-state index in [1.54, 1.807) is 13.2 Å². The largest absolute Gasteiger partial charge is 0.355 e. The van der Waals surface area contributed by atoms with Gasteiger partial charge in [-0.05, 0) is 18.2 Å². The Morgan fingerprint density at radius 3 is 3.17 bits per heavy atom. The van der Waals surface area contributed by atoms with Gasteiger partial charge in [0, 0.05) is 36.5 Å². The molecule has 0 aromatic carbocycles. The number of amides is 1. The van der Waals surface area contributed by atoms with Crippen molar-refractivity contribution in [1.29, 1.82) is 0 Å². The van der Waals surface area contributed by atoms with Gasteiger partial charge >= 0.3 is 0 Å². The molecule has 1 N–H and O–H groups in total. The lowest BCUT2D eigenvalue weighted by molar-refractivity contribution is 0.0962. The number of fused-ring (bicyclic) bond motifs is 1. The number of rotatable bonds is 2. The highest BCUT2D eigenvalue weighted by molar-refractivity contribution is 7.97. The normalized spacial score (nSPS) is 13.4. The predicted molar refractivity (Wildman–Crippen MR) is 72.3 cm³/mol. The van der Waals surface area contributed by atoms with Crippen molar-refractivity contribution in [3.8, 4) is 11.3 Å². The fourth-order valence-electron chi connectivity index (χ4n) is 2.21. The van der Waals surface area contributed by atoms with Gasteiger partial charge in [-0.3, -0.25) is 9.78 Å². The third-order valence-corrected chi connectivity index (χ3v) is 4.02. The molecule has 0 radical (unpaired) electrons. The average Bonchev–Trinajstić information content (AvgIpc) is 3.00. The summed E-state index contributed by atoms with van der Waals surface area (Å²) in [5.74, 6) is 1.77. The van der Waals surface area contributed by atoms with E-state index in [2.05, 4.69) is 14.9 Å². The van der Waals surface area contributed by atoms with Gasteiger partial charge in [0.15, 0.2) is 0 Å². The van der Waals surface area contributed by atoms with Crippen LogP contribution in [0.1, 0.15) is 16.1 Å². The first-order valence-corrected chi connectivity index (χ1v) is 6.89. The first-order valence-electron chi connectivity index (χ1n) is 5.74. The van der Waals surface area contributed by atoms with Crippen LogP contribution in [0.15, 0.2) is 30.6 Å². The van der Waals surface area contributed by atoms with Crippen LogP contribution in [0.5, 0.6) is 0 Å². The molecule has 1 aliphatic rings. The molecule has 0 aliphatic carbocycles. The summed E-state index contributed by atoms with van der Waals surface area (Å²) in [5, 5.41) is 2.70. The zero-order valence-electron chi connectivity index (χ0n) is 10.0. The van der Waals surface area contributed by atoms with E-state index in [1.807, 2.05) is 36.2 Å². The lowest BCUT2D eigenvalue weighted by Crippen LogP contribution is -2.18. The number of nitrogens with zero attached hydrogens (tertiary/aromatic N) is 2. The van der Waals surface area contributed by atoms with Crippen LogP contribution in [0.4, 0.5) is 0 Å². The lowest BCUT2D eigenvalue weighted by atomic mass is 10.2. The van der Waals surface area contributed by atoms with Crippen LogP contribution in [0.3, 0.4) is 0 Å². The summed E-state index contributed by atoms with van der Waals surface area (Å²) in [5.41, 5.74) is 4.01. The minimum Gasteiger partial charge on any atom is -0.355 e. The van der Waals surface area contributed by atoms with Gasteiger partial charge in [-0.25, -0.2) is 0 Å². The molecule has 5 heteroatoms. The van der Waals surface area contributed by atoms with Crippen molar-refractivity contribution in [2.24, 2.45) is 0 Å². The van der Waals surface area contributed by atoms with Crippen LogP contribution >= 0.6 is 11.8 Å². The summed E-state index contributed by atoms with van der Waals surface area (Å²) < 4.78 is 2.20. The van der Waals surface area contributed by atoms with Crippen LogP contribution in [0.2, 0.25) is 0 Å². The van der Waals surface area contributed by atoms with Crippen molar-refractivity contribution in [1.82, 2.24) is 14.9 Å². The van der Waals surface area contributed by atoms with Crippen LogP contribution < -0.4 is 5.32 Å². The number of hydrogen-bond donors (Lipinski definition) is 1. The minimum absolute atomic E-state index is 0.0172. The minimum atomic E-state index is -0.0172. The van der Waals surface area contributed by atoms with E-state index in [4.69, 9.17) is 0 Å². The van der Waals surface area contributed by atoms with E-state index in [1.165, 1.54) is 0 Å². The molecule has 2 aromatic rings. The van der Waals surface area contributed by atoms with Gasteiger partial charge in [-0.1, -0.05) is 0 Å². The molecule has 18 heavy (non-hydrogen) atoms. The number of hydrogen-bond acceptors (Lipinski definition) is 3. The molecule has 92 valence electrons. The number of pyridine rings is 1. The van der Waals surface area contributed by atoms with E-state index in [0.717, 1.165) is 34.1 Å². The zero-order valence-corrected chi connectivity index (χ0v) is 10.8. The van der Waals surface area contributed by atoms with E-state index in [9.17, 15) is 4.79 Å². The molecule has 0 fully saturated rings. The topological polar surface area (TPSA) is 46.9 Å². The summed E-state index contributed by atoms with van der Waals surface area (Å²) in [7, 11) is 1.66. The highest BCUT2D eigenvalue weighted by Gasteiger charge is 2.24. The summed E-state index contributed by atoms with van der Waals surface area (Å²) >= 11 is 1.82. The molecule has 4 nitrogen and oxygen atoms in total. The molecule has 0 bridgehead atoms. The molecule has 0 saturated heterocycles. The van der Waals surface area contributed by atoms with Crippen LogP contribution in [-0.4, -0.2) is 22.5 Å². The van der Waals surface area contributed by atoms with Crippen molar-refractivity contribution in [3.05, 3.63) is 41.9 Å². The van der Waals surface area contributed by atoms with E-state index >= 15 is 0 Å². The third-order valence-electron chi connectivity index (χ3n) is 3.10. The SMILES string of the molecule is CNC(=O)c1cc(-c2cccnc2)n2c1CSC2. The molecule has 1 aliphatic heterocycles. The summed E-state index contributed by atoms with van der Waals surface area (Å²) in [6, 6.07) is 5.90. The number of aromatic nitrogens is 2. The number of carbonyl (C=O) groups is 1. The van der Waals surface area contributed by atoms with Gasteiger partial charge in [0.05, 0.1) is 17.1 Å². The Labute approximate surface area is 109 Å². The van der Waals surface area contributed by atoms with Gasteiger partial charge in [-0.15, -0.1) is 11.8 Å². The Balaban J connectivity index is 2.15. The molecule has 0 atom stereocenters. The van der Waals surface area contributed by atoms with Gasteiger partial charge in [0.1, 0.15) is 0 Å². The molecule has 3 heterocycles. The number of carbonyl (C=O) groups excluding carboxylic acids is 1. The second kappa shape index (κ2) is 4.49. The summed E-state index contributed by atoms with van der Waals surface area (Å²) in [4.78, 5) is 16.0. The smallest absolute Gasteiger partial charge is 0.252 e.